The Morgan fingerprint density at radius 2 is 1.96 bits per heavy atom. The van der Waals surface area contributed by atoms with Crippen LogP contribution in [-0.4, -0.2) is 30.0 Å². The summed E-state index contributed by atoms with van der Waals surface area (Å²) in [6.07, 6.45) is 4.75. The normalized spacial score (nSPS) is 21.5. The fourth-order valence-corrected chi connectivity index (χ4v) is 3.12. The lowest BCUT2D eigenvalue weighted by atomic mass is 9.81. The van der Waals surface area contributed by atoms with Crippen molar-refractivity contribution < 1.29 is 13.9 Å². The Morgan fingerprint density at radius 1 is 1.17 bits per heavy atom. The predicted octanol–water partition coefficient (Wildman–Crippen LogP) is 4.17. The third-order valence-corrected chi connectivity index (χ3v) is 4.26. The number of rotatable bonds is 4. The van der Waals surface area contributed by atoms with Crippen LogP contribution in [0.5, 0.6) is 5.75 Å². The minimum Gasteiger partial charge on any atom is -0.496 e. The quantitative estimate of drug-likeness (QED) is 0.843. The molecule has 0 unspecified atom stereocenters. The first-order valence-electron chi connectivity index (χ1n) is 8.25. The summed E-state index contributed by atoms with van der Waals surface area (Å²) in [6.45, 7) is 7.26. The molecule has 24 heavy (non-hydrogen) atoms. The third-order valence-electron chi connectivity index (χ3n) is 4.26. The predicted molar refractivity (Wildman–Crippen MR) is 92.8 cm³/mol. The van der Waals surface area contributed by atoms with Crippen molar-refractivity contribution >= 4 is 12.2 Å². The van der Waals surface area contributed by atoms with Gasteiger partial charge in [0.2, 0.25) is 11.8 Å². The van der Waals surface area contributed by atoms with E-state index in [0.717, 1.165) is 24.3 Å². The average Bonchev–Trinajstić information content (AvgIpc) is 3.21. The maximum atomic E-state index is 5.89. The summed E-state index contributed by atoms with van der Waals surface area (Å²) in [4.78, 5) is 0. The molecule has 1 saturated heterocycles. The number of methoxy groups -OCH3 is 1. The van der Waals surface area contributed by atoms with Gasteiger partial charge in [0.15, 0.2) is 0 Å². The smallest absolute Gasteiger partial charge is 0.240 e. The molecule has 0 N–H and O–H groups in total. The third kappa shape index (κ3) is 3.51. The first-order chi connectivity index (χ1) is 11.5. The van der Waals surface area contributed by atoms with E-state index >= 15 is 0 Å². The molecule has 2 atom stereocenters. The lowest BCUT2D eigenvalue weighted by Crippen LogP contribution is -2.30. The molecule has 3 rings (SSSR count). The second-order valence-corrected chi connectivity index (χ2v) is 7.11. The molecular formula is C19H24N2O3. The maximum Gasteiger partial charge on any atom is 0.240 e. The van der Waals surface area contributed by atoms with Crippen LogP contribution in [0.15, 0.2) is 28.7 Å². The summed E-state index contributed by atoms with van der Waals surface area (Å²) in [5, 5.41) is 8.39. The van der Waals surface area contributed by atoms with Crippen molar-refractivity contribution in [3.63, 3.8) is 0 Å². The highest BCUT2D eigenvalue weighted by Gasteiger charge is 2.40. The molecule has 0 aliphatic carbocycles. The molecule has 1 aromatic carbocycles. The van der Waals surface area contributed by atoms with E-state index in [-0.39, 0.29) is 17.4 Å². The summed E-state index contributed by atoms with van der Waals surface area (Å²) in [5.41, 5.74) is 1.01. The lowest BCUT2D eigenvalue weighted by molar-refractivity contribution is 0.0171. The molecule has 1 aromatic heterocycles. The van der Waals surface area contributed by atoms with Gasteiger partial charge in [-0.1, -0.05) is 39.0 Å². The van der Waals surface area contributed by atoms with E-state index < -0.39 is 0 Å². The second kappa shape index (κ2) is 6.77. The number of hydrogen-bond donors (Lipinski definition) is 0. The van der Waals surface area contributed by atoms with Gasteiger partial charge in [-0.05, 0) is 24.0 Å². The molecule has 0 spiro atoms. The Kier molecular flexibility index (Phi) is 4.71. The van der Waals surface area contributed by atoms with Gasteiger partial charge >= 0.3 is 0 Å². The van der Waals surface area contributed by atoms with Crippen molar-refractivity contribution in [2.45, 2.75) is 39.2 Å². The van der Waals surface area contributed by atoms with Gasteiger partial charge in [0.25, 0.3) is 0 Å². The molecule has 0 bridgehead atoms. The van der Waals surface area contributed by atoms with Crippen molar-refractivity contribution in [1.29, 1.82) is 0 Å². The van der Waals surface area contributed by atoms with Gasteiger partial charge in [-0.3, -0.25) is 0 Å². The number of hydrogen-bond acceptors (Lipinski definition) is 5. The van der Waals surface area contributed by atoms with Crippen molar-refractivity contribution in [1.82, 2.24) is 10.2 Å². The van der Waals surface area contributed by atoms with E-state index in [9.17, 15) is 0 Å². The molecule has 0 radical (unpaired) electrons. The molecule has 128 valence electrons. The Bertz CT molecular complexity index is 715. The van der Waals surface area contributed by atoms with Crippen molar-refractivity contribution in [3.05, 3.63) is 41.6 Å². The van der Waals surface area contributed by atoms with Gasteiger partial charge in [0.05, 0.1) is 19.1 Å². The zero-order valence-corrected chi connectivity index (χ0v) is 14.7. The van der Waals surface area contributed by atoms with Crippen LogP contribution in [0.25, 0.3) is 12.2 Å². The minimum absolute atomic E-state index is 0.0447. The summed E-state index contributed by atoms with van der Waals surface area (Å²) >= 11 is 0. The number of ether oxygens (including phenoxy) is 2. The highest BCUT2D eigenvalue weighted by atomic mass is 16.5. The molecule has 1 aliphatic heterocycles. The second-order valence-electron chi connectivity index (χ2n) is 7.11. The molecular weight excluding hydrogens is 304 g/mol. The average molecular weight is 328 g/mol. The van der Waals surface area contributed by atoms with E-state index in [0.29, 0.717) is 11.8 Å². The zero-order chi connectivity index (χ0) is 17.2. The summed E-state index contributed by atoms with van der Waals surface area (Å²) in [7, 11) is 1.66. The summed E-state index contributed by atoms with van der Waals surface area (Å²) in [6, 6.07) is 7.80. The molecule has 2 aromatic rings. The Balaban J connectivity index is 1.77. The van der Waals surface area contributed by atoms with Crippen LogP contribution in [0, 0.1) is 5.41 Å². The molecule has 5 heteroatoms. The van der Waals surface area contributed by atoms with Crippen molar-refractivity contribution in [2.75, 3.05) is 13.7 Å². The van der Waals surface area contributed by atoms with Gasteiger partial charge in [0, 0.05) is 18.2 Å². The van der Waals surface area contributed by atoms with Gasteiger partial charge < -0.3 is 13.9 Å². The fourth-order valence-electron chi connectivity index (χ4n) is 3.12. The topological polar surface area (TPSA) is 57.4 Å². The van der Waals surface area contributed by atoms with E-state index in [4.69, 9.17) is 13.9 Å². The van der Waals surface area contributed by atoms with E-state index in [2.05, 4.69) is 31.0 Å². The Morgan fingerprint density at radius 3 is 2.71 bits per heavy atom. The van der Waals surface area contributed by atoms with Gasteiger partial charge in [0.1, 0.15) is 5.75 Å². The van der Waals surface area contributed by atoms with Gasteiger partial charge in [-0.15, -0.1) is 10.2 Å². The van der Waals surface area contributed by atoms with Crippen LogP contribution in [0.3, 0.4) is 0 Å². The number of para-hydroxylation sites is 1. The van der Waals surface area contributed by atoms with Crippen LogP contribution in [0.1, 0.15) is 50.5 Å². The molecule has 1 fully saturated rings. The molecule has 0 saturated carbocycles. The van der Waals surface area contributed by atoms with E-state index in [1.165, 1.54) is 0 Å². The number of aromatic nitrogens is 2. The van der Waals surface area contributed by atoms with Gasteiger partial charge in [-0.2, -0.15) is 0 Å². The van der Waals surface area contributed by atoms with Crippen molar-refractivity contribution in [2.24, 2.45) is 5.41 Å². The summed E-state index contributed by atoms with van der Waals surface area (Å²) in [5.74, 6) is 2.12. The SMILES string of the molecule is COc1ccccc1/C=C/c1nnc([C@H]2CCO[C@@H]2C(C)(C)C)o1. The minimum atomic E-state index is 0.0447. The zero-order valence-electron chi connectivity index (χ0n) is 14.7. The first kappa shape index (κ1) is 16.7. The molecule has 0 amide bonds. The molecule has 2 heterocycles. The fraction of sp³-hybridized carbons (Fsp3) is 0.474. The lowest BCUT2D eigenvalue weighted by Gasteiger charge is -2.29. The van der Waals surface area contributed by atoms with Crippen LogP contribution in [0.2, 0.25) is 0 Å². The van der Waals surface area contributed by atoms with E-state index in [1.54, 1.807) is 7.11 Å². The first-order valence-corrected chi connectivity index (χ1v) is 8.25. The Labute approximate surface area is 142 Å². The van der Waals surface area contributed by atoms with Crippen LogP contribution >= 0.6 is 0 Å². The maximum absolute atomic E-state index is 5.89. The monoisotopic (exact) mass is 328 g/mol. The standard InChI is InChI=1S/C19H24N2O3/c1-19(2,3)17-14(11-12-23-17)18-21-20-16(24-18)10-9-13-7-5-6-8-15(13)22-4/h5-10,14,17H,11-12H2,1-4H3/b10-9+/t14-,17-/m0/s1. The Hall–Kier alpha value is -2.14. The largest absolute Gasteiger partial charge is 0.496 e. The van der Waals surface area contributed by atoms with Crippen molar-refractivity contribution in [3.8, 4) is 5.75 Å². The van der Waals surface area contributed by atoms with Crippen LogP contribution in [-0.2, 0) is 4.74 Å². The van der Waals surface area contributed by atoms with Gasteiger partial charge in [-0.25, -0.2) is 0 Å². The molecule has 5 nitrogen and oxygen atoms in total. The highest BCUT2D eigenvalue weighted by Crippen LogP contribution is 2.40. The molecule has 1 aliphatic rings. The highest BCUT2D eigenvalue weighted by molar-refractivity contribution is 5.69. The van der Waals surface area contributed by atoms with Crippen LogP contribution < -0.4 is 4.74 Å². The van der Waals surface area contributed by atoms with Crippen LogP contribution in [0.4, 0.5) is 0 Å². The number of benzene rings is 1. The van der Waals surface area contributed by atoms with E-state index in [1.807, 2.05) is 36.4 Å². The summed E-state index contributed by atoms with van der Waals surface area (Å²) < 4.78 is 17.1. The number of nitrogens with zero attached hydrogens (tertiary/aromatic N) is 2.